The maximum atomic E-state index is 11.9. The van der Waals surface area contributed by atoms with E-state index < -0.39 is 35.7 Å². The molecule has 0 heterocycles. The molecule has 19 heavy (non-hydrogen) atoms. The first-order valence-corrected chi connectivity index (χ1v) is 5.94. The van der Waals surface area contributed by atoms with Crippen molar-refractivity contribution in [3.05, 3.63) is 0 Å². The van der Waals surface area contributed by atoms with E-state index in [1.165, 1.54) is 20.9 Å². The van der Waals surface area contributed by atoms with Gasteiger partial charge in [-0.3, -0.25) is 4.79 Å². The number of rotatable bonds is 4. The summed E-state index contributed by atoms with van der Waals surface area (Å²) in [7, 11) is 1.37. The summed E-state index contributed by atoms with van der Waals surface area (Å²) in [4.78, 5) is 35.2. The molecule has 2 N–H and O–H groups in total. The number of carboxylic acid groups (broad SMARTS) is 1. The van der Waals surface area contributed by atoms with Crippen LogP contribution in [0.4, 0.5) is 4.79 Å². The number of carboxylic acids is 1. The average Bonchev–Trinajstić information content (AvgIpc) is 2.22. The van der Waals surface area contributed by atoms with Crippen molar-refractivity contribution in [2.75, 3.05) is 7.05 Å². The molecule has 0 saturated heterocycles. The Morgan fingerprint density at radius 3 is 2.05 bits per heavy atom. The van der Waals surface area contributed by atoms with E-state index in [0.29, 0.717) is 0 Å². The minimum Gasteiger partial charge on any atom is -0.480 e. The Morgan fingerprint density at radius 1 is 1.21 bits per heavy atom. The predicted octanol–water partition coefficient (Wildman–Crippen LogP) is 0.831. The summed E-state index contributed by atoms with van der Waals surface area (Å²) in [5.41, 5.74) is -0.660. The second kappa shape index (κ2) is 6.40. The molecule has 7 nitrogen and oxygen atoms in total. The Labute approximate surface area is 112 Å². The third-order valence-electron chi connectivity index (χ3n) is 2.39. The molecule has 0 saturated carbocycles. The number of alkyl carbamates (subject to hydrolysis) is 1. The molecule has 0 spiro atoms. The normalized spacial score (nSPS) is 14.2. The quantitative estimate of drug-likeness (QED) is 0.791. The van der Waals surface area contributed by atoms with Gasteiger partial charge >= 0.3 is 12.1 Å². The van der Waals surface area contributed by atoms with Gasteiger partial charge in [0.05, 0.1) is 0 Å². The lowest BCUT2D eigenvalue weighted by Crippen LogP contribution is -2.50. The van der Waals surface area contributed by atoms with Crippen LogP contribution in [-0.4, -0.2) is 52.7 Å². The van der Waals surface area contributed by atoms with Gasteiger partial charge in [0, 0.05) is 7.05 Å². The molecule has 110 valence electrons. The van der Waals surface area contributed by atoms with Crippen molar-refractivity contribution in [2.45, 2.75) is 52.3 Å². The van der Waals surface area contributed by atoms with Crippen LogP contribution in [0, 0.1) is 0 Å². The van der Waals surface area contributed by atoms with E-state index in [1.54, 1.807) is 20.8 Å². The van der Waals surface area contributed by atoms with Gasteiger partial charge in [-0.05, 0) is 34.6 Å². The lowest BCUT2D eigenvalue weighted by molar-refractivity contribution is -0.148. The Kier molecular flexibility index (Phi) is 5.80. The fourth-order valence-electron chi connectivity index (χ4n) is 1.21. The van der Waals surface area contributed by atoms with Crippen molar-refractivity contribution in [3.8, 4) is 0 Å². The Hall–Kier alpha value is -1.79. The molecule has 0 radical (unpaired) electrons. The van der Waals surface area contributed by atoms with Gasteiger partial charge in [0.15, 0.2) is 0 Å². The van der Waals surface area contributed by atoms with Crippen molar-refractivity contribution in [1.82, 2.24) is 10.2 Å². The molecule has 0 aromatic carbocycles. The smallest absolute Gasteiger partial charge is 0.408 e. The zero-order chi connectivity index (χ0) is 15.4. The predicted molar refractivity (Wildman–Crippen MR) is 68.7 cm³/mol. The summed E-state index contributed by atoms with van der Waals surface area (Å²) >= 11 is 0. The molecule has 0 aromatic rings. The summed E-state index contributed by atoms with van der Waals surface area (Å²) in [6, 6.07) is -1.82. The maximum absolute atomic E-state index is 11.9. The molecule has 7 heteroatoms. The van der Waals surface area contributed by atoms with Gasteiger partial charge in [-0.2, -0.15) is 0 Å². The molecule has 0 unspecified atom stereocenters. The third kappa shape index (κ3) is 6.08. The lowest BCUT2D eigenvalue weighted by atomic mass is 10.2. The number of nitrogens with one attached hydrogen (secondary N) is 1. The van der Waals surface area contributed by atoms with Crippen molar-refractivity contribution < 1.29 is 24.2 Å². The number of hydrogen-bond acceptors (Lipinski definition) is 4. The number of carbonyl (C=O) groups excluding carboxylic acids is 2. The van der Waals surface area contributed by atoms with Gasteiger partial charge in [-0.15, -0.1) is 0 Å². The van der Waals surface area contributed by atoms with Crippen molar-refractivity contribution in [3.63, 3.8) is 0 Å². The van der Waals surface area contributed by atoms with Crippen LogP contribution in [0.25, 0.3) is 0 Å². The van der Waals surface area contributed by atoms with Gasteiger partial charge in [0.1, 0.15) is 17.7 Å². The Morgan fingerprint density at radius 2 is 1.68 bits per heavy atom. The van der Waals surface area contributed by atoms with Gasteiger partial charge in [-0.25, -0.2) is 9.59 Å². The van der Waals surface area contributed by atoms with E-state index in [9.17, 15) is 14.4 Å². The van der Waals surface area contributed by atoms with Gasteiger partial charge in [-0.1, -0.05) is 0 Å². The molecular formula is C12H22N2O5. The Balaban J connectivity index is 4.50. The van der Waals surface area contributed by atoms with E-state index >= 15 is 0 Å². The lowest BCUT2D eigenvalue weighted by Gasteiger charge is -2.26. The summed E-state index contributed by atoms with van der Waals surface area (Å²) in [5, 5.41) is 11.2. The highest BCUT2D eigenvalue weighted by molar-refractivity contribution is 5.88. The molecule has 2 atom stereocenters. The number of likely N-dealkylation sites (N-methyl/N-ethyl adjacent to an activating group) is 1. The van der Waals surface area contributed by atoms with Gasteiger partial charge < -0.3 is 20.1 Å². The van der Waals surface area contributed by atoms with Crippen LogP contribution in [-0.2, 0) is 14.3 Å². The average molecular weight is 274 g/mol. The highest BCUT2D eigenvalue weighted by Crippen LogP contribution is 2.07. The van der Waals surface area contributed by atoms with E-state index in [2.05, 4.69) is 5.32 Å². The molecular weight excluding hydrogens is 252 g/mol. The molecule has 0 bridgehead atoms. The van der Waals surface area contributed by atoms with Crippen molar-refractivity contribution in [1.29, 1.82) is 0 Å². The largest absolute Gasteiger partial charge is 0.480 e. The van der Waals surface area contributed by atoms with E-state index in [0.717, 1.165) is 4.90 Å². The molecule has 0 rings (SSSR count). The summed E-state index contributed by atoms with van der Waals surface area (Å²) in [5.74, 6) is -1.61. The fraction of sp³-hybridized carbons (Fsp3) is 0.750. The monoisotopic (exact) mass is 274 g/mol. The molecule has 2 amide bonds. The number of ether oxygens (including phenoxy) is 1. The SMILES string of the molecule is C[C@H](NC(=O)OC(C)(C)C)C(=O)N(C)[C@H](C)C(=O)O. The van der Waals surface area contributed by atoms with Gasteiger partial charge in [0.2, 0.25) is 5.91 Å². The Bertz CT molecular complexity index is 362. The van der Waals surface area contributed by atoms with Crippen LogP contribution >= 0.6 is 0 Å². The fourth-order valence-corrected chi connectivity index (χ4v) is 1.21. The first-order chi connectivity index (χ1) is 8.45. The first-order valence-electron chi connectivity index (χ1n) is 5.94. The van der Waals surface area contributed by atoms with Crippen LogP contribution in [0.3, 0.4) is 0 Å². The minimum atomic E-state index is -1.11. The van der Waals surface area contributed by atoms with Crippen LogP contribution < -0.4 is 5.32 Å². The van der Waals surface area contributed by atoms with E-state index in [-0.39, 0.29) is 0 Å². The molecule has 0 aliphatic heterocycles. The van der Waals surface area contributed by atoms with Crippen LogP contribution in [0.1, 0.15) is 34.6 Å². The second-order valence-corrected chi connectivity index (χ2v) is 5.33. The van der Waals surface area contributed by atoms with E-state index in [1.807, 2.05) is 0 Å². The third-order valence-corrected chi connectivity index (χ3v) is 2.39. The van der Waals surface area contributed by atoms with E-state index in [4.69, 9.17) is 9.84 Å². The highest BCUT2D eigenvalue weighted by Gasteiger charge is 2.27. The highest BCUT2D eigenvalue weighted by atomic mass is 16.6. The van der Waals surface area contributed by atoms with Crippen molar-refractivity contribution in [2.24, 2.45) is 0 Å². The van der Waals surface area contributed by atoms with Gasteiger partial charge in [0.25, 0.3) is 0 Å². The first kappa shape index (κ1) is 17.2. The van der Waals surface area contributed by atoms with Crippen molar-refractivity contribution >= 4 is 18.0 Å². The second-order valence-electron chi connectivity index (χ2n) is 5.33. The number of carbonyl (C=O) groups is 3. The standard InChI is InChI=1S/C12H22N2O5/c1-7(13-11(18)19-12(3,4)5)9(15)14(6)8(2)10(16)17/h7-8H,1-6H3,(H,13,18)(H,16,17)/t7-,8+/m0/s1. The number of nitrogens with zero attached hydrogens (tertiary/aromatic N) is 1. The zero-order valence-corrected chi connectivity index (χ0v) is 12.2. The molecule has 0 aromatic heterocycles. The zero-order valence-electron chi connectivity index (χ0n) is 12.2. The van der Waals surface area contributed by atoms with Crippen LogP contribution in [0.2, 0.25) is 0 Å². The summed E-state index contributed by atoms with van der Waals surface area (Å²) in [6.07, 6.45) is -0.718. The molecule has 0 aliphatic rings. The van der Waals surface area contributed by atoms with Crippen LogP contribution in [0.5, 0.6) is 0 Å². The van der Waals surface area contributed by atoms with Crippen LogP contribution in [0.15, 0.2) is 0 Å². The number of amides is 2. The molecule has 0 aliphatic carbocycles. The summed E-state index contributed by atoms with van der Waals surface area (Å²) in [6.45, 7) is 7.98. The maximum Gasteiger partial charge on any atom is 0.408 e. The number of aliphatic carboxylic acids is 1. The summed E-state index contributed by atoms with van der Waals surface area (Å²) < 4.78 is 5.01. The molecule has 0 fully saturated rings. The topological polar surface area (TPSA) is 95.9 Å². The minimum absolute atomic E-state index is 0.499. The number of hydrogen-bond donors (Lipinski definition) is 2.